The second-order valence-corrected chi connectivity index (χ2v) is 8.77. The lowest BCUT2D eigenvalue weighted by Gasteiger charge is -2.19. The minimum absolute atomic E-state index is 0.0153. The maximum atomic E-state index is 14.6. The molecule has 1 aliphatic rings. The van der Waals surface area contributed by atoms with E-state index >= 15 is 0 Å². The van der Waals surface area contributed by atoms with Crippen molar-refractivity contribution in [3.63, 3.8) is 0 Å². The molecule has 0 atom stereocenters. The van der Waals surface area contributed by atoms with E-state index in [0.717, 1.165) is 6.07 Å². The molecule has 11 heteroatoms. The molecule has 5 rings (SSSR count). The van der Waals surface area contributed by atoms with Crippen LogP contribution in [0.4, 0.5) is 21.5 Å². The number of halogens is 1. The van der Waals surface area contributed by atoms with Crippen molar-refractivity contribution >= 4 is 47.3 Å². The summed E-state index contributed by atoms with van der Waals surface area (Å²) in [5.74, 6) is -0.959. The first kappa shape index (κ1) is 23.3. The van der Waals surface area contributed by atoms with Crippen molar-refractivity contribution in [1.29, 1.82) is 0 Å². The van der Waals surface area contributed by atoms with Crippen molar-refractivity contribution in [2.24, 2.45) is 7.05 Å². The Bertz CT molecular complexity index is 1740. The number of hydrogen-bond acceptors (Lipinski definition) is 5. The number of aryl methyl sites for hydroxylation is 1. The fourth-order valence-corrected chi connectivity index (χ4v) is 4.25. The predicted octanol–water partition coefficient (Wildman–Crippen LogP) is 1.82. The van der Waals surface area contributed by atoms with E-state index in [9.17, 15) is 23.6 Å². The third-order valence-corrected chi connectivity index (χ3v) is 6.05. The summed E-state index contributed by atoms with van der Waals surface area (Å²) < 4.78 is 18.2. The number of rotatable bonds is 5. The molecule has 1 aliphatic carbocycles. The van der Waals surface area contributed by atoms with Gasteiger partial charge in [-0.05, 0) is 37.1 Å². The molecule has 0 saturated heterocycles. The van der Waals surface area contributed by atoms with Gasteiger partial charge in [-0.1, -0.05) is 12.1 Å². The number of benzene rings is 2. The summed E-state index contributed by atoms with van der Waals surface area (Å²) in [6.07, 6.45) is 1.32. The summed E-state index contributed by atoms with van der Waals surface area (Å²) in [4.78, 5) is 51.9. The third-order valence-electron chi connectivity index (χ3n) is 6.05. The van der Waals surface area contributed by atoms with Gasteiger partial charge in [-0.25, -0.2) is 13.8 Å². The fourth-order valence-electron chi connectivity index (χ4n) is 4.25. The number of amides is 1. The maximum absolute atomic E-state index is 14.6. The van der Waals surface area contributed by atoms with E-state index in [2.05, 4.69) is 10.6 Å². The zero-order valence-corrected chi connectivity index (χ0v) is 19.5. The summed E-state index contributed by atoms with van der Waals surface area (Å²) >= 11 is 0. The third kappa shape index (κ3) is 4.02. The van der Waals surface area contributed by atoms with Gasteiger partial charge in [0, 0.05) is 31.8 Å². The van der Waals surface area contributed by atoms with Gasteiger partial charge in [-0.2, -0.15) is 0 Å². The lowest BCUT2D eigenvalue weighted by molar-refractivity contribution is -0.114. The fraction of sp³-hybridized carbons (Fsp3) is 0.200. The predicted molar refractivity (Wildman–Crippen MR) is 137 cm³/mol. The molecule has 9 nitrogen and oxygen atoms in total. The quantitative estimate of drug-likeness (QED) is 0.420. The Hall–Kier alpha value is -4.41. The Kier molecular flexibility index (Phi) is 5.62. The minimum atomic E-state index is -0.664. The molecule has 1 fully saturated rings. The molecule has 2 heterocycles. The number of carbonyl (C=O) groups is 1. The normalized spacial score (nSPS) is 13.1. The van der Waals surface area contributed by atoms with Crippen LogP contribution < -0.4 is 32.9 Å². The Morgan fingerprint density at radius 3 is 2.47 bits per heavy atom. The molecule has 36 heavy (non-hydrogen) atoms. The van der Waals surface area contributed by atoms with Crippen LogP contribution in [0.15, 0.2) is 62.9 Å². The number of aromatic nitrogens is 3. The second kappa shape index (κ2) is 8.67. The summed E-state index contributed by atoms with van der Waals surface area (Å²) in [6, 6.07) is 11.4. The molecule has 2 N–H and O–H groups in total. The molecule has 0 unspecified atom stereocenters. The Labute approximate surface area is 205 Å². The van der Waals surface area contributed by atoms with Crippen molar-refractivity contribution < 1.29 is 9.18 Å². The first-order valence-electron chi connectivity index (χ1n) is 11.3. The summed E-state index contributed by atoms with van der Waals surface area (Å²) in [6.45, 7) is 1.36. The van der Waals surface area contributed by atoms with Gasteiger partial charge >= 0.3 is 5.69 Å². The van der Waals surface area contributed by atoms with Crippen LogP contribution in [0.3, 0.4) is 0 Å². The molecule has 2 aromatic carbocycles. The molecule has 1 saturated carbocycles. The van der Waals surface area contributed by atoms with E-state index in [1.807, 2.05) is 0 Å². The monoisotopic (exact) mass is 485 g/mol. The van der Waals surface area contributed by atoms with Gasteiger partial charge in [-0.3, -0.25) is 23.5 Å². The van der Waals surface area contributed by atoms with Crippen molar-refractivity contribution in [3.05, 3.63) is 85.5 Å². The number of anilines is 3. The lowest BCUT2D eigenvalue weighted by Crippen LogP contribution is -2.41. The highest BCUT2D eigenvalue weighted by Crippen LogP contribution is 2.33. The number of pyridine rings is 1. The van der Waals surface area contributed by atoms with Gasteiger partial charge in [0.05, 0.1) is 17.1 Å². The van der Waals surface area contributed by atoms with E-state index in [0.29, 0.717) is 24.2 Å². The van der Waals surface area contributed by atoms with Crippen molar-refractivity contribution in [2.45, 2.75) is 25.8 Å². The smallest absolute Gasteiger partial charge is 0.337 e. The summed E-state index contributed by atoms with van der Waals surface area (Å²) in [7, 11) is 7.10. The molecule has 0 bridgehead atoms. The van der Waals surface area contributed by atoms with Gasteiger partial charge in [0.15, 0.2) is 0 Å². The first-order valence-corrected chi connectivity index (χ1v) is 11.3. The van der Waals surface area contributed by atoms with Crippen molar-refractivity contribution in [3.8, 4) is 5.69 Å². The topological polar surface area (TPSA) is 107 Å². The van der Waals surface area contributed by atoms with Gasteiger partial charge in [0.25, 0.3) is 11.1 Å². The number of fused-ring (bicyclic) bond motifs is 1. The van der Waals surface area contributed by atoms with Crippen LogP contribution in [-0.2, 0) is 11.8 Å². The van der Waals surface area contributed by atoms with Gasteiger partial charge in [0.2, 0.25) is 5.91 Å². The highest BCUT2D eigenvalue weighted by atomic mass is 19.1. The van der Waals surface area contributed by atoms with Gasteiger partial charge in [0.1, 0.15) is 16.9 Å². The molecule has 0 spiro atoms. The molecular formula is C25H21BFN5O4-. The minimum Gasteiger partial charge on any atom is -0.580 e. The van der Waals surface area contributed by atoms with Crippen LogP contribution in [0.1, 0.15) is 25.8 Å². The van der Waals surface area contributed by atoms with E-state index in [4.69, 9.17) is 7.85 Å². The average Bonchev–Trinajstić information content (AvgIpc) is 3.63. The Morgan fingerprint density at radius 2 is 1.81 bits per heavy atom. The molecule has 1 amide bonds. The highest BCUT2D eigenvalue weighted by Gasteiger charge is 2.31. The van der Waals surface area contributed by atoms with Crippen LogP contribution in [0, 0.1) is 5.82 Å². The van der Waals surface area contributed by atoms with Crippen molar-refractivity contribution in [2.75, 3.05) is 10.6 Å². The van der Waals surface area contributed by atoms with Crippen LogP contribution >= 0.6 is 0 Å². The average molecular weight is 485 g/mol. The number of nitrogens with zero attached hydrogens (tertiary/aromatic N) is 3. The van der Waals surface area contributed by atoms with Gasteiger partial charge < -0.3 is 23.9 Å². The van der Waals surface area contributed by atoms with Crippen LogP contribution in [-0.4, -0.2) is 27.5 Å². The van der Waals surface area contributed by atoms with E-state index < -0.39 is 22.6 Å². The largest absolute Gasteiger partial charge is 0.580 e. The Balaban J connectivity index is 1.86. The maximum Gasteiger partial charge on any atom is 0.337 e. The lowest BCUT2D eigenvalue weighted by atomic mass is 9.96. The van der Waals surface area contributed by atoms with Crippen LogP contribution in [0.25, 0.3) is 16.7 Å². The number of nitrogens with one attached hydrogen (secondary N) is 2. The number of hydrogen-bond donors (Lipinski definition) is 2. The molecule has 181 valence electrons. The molecule has 3 radical (unpaired) electrons. The van der Waals surface area contributed by atoms with Gasteiger partial charge in [-0.15, -0.1) is 6.07 Å². The highest BCUT2D eigenvalue weighted by molar-refractivity contribution is 6.32. The zero-order valence-electron chi connectivity index (χ0n) is 19.5. The first-order chi connectivity index (χ1) is 17.2. The summed E-state index contributed by atoms with van der Waals surface area (Å²) in [5, 5.41) is 5.56. The molecule has 0 aliphatic heterocycles. The van der Waals surface area contributed by atoms with Crippen LogP contribution in [0.2, 0.25) is 0 Å². The summed E-state index contributed by atoms with van der Waals surface area (Å²) in [5.41, 5.74) is -0.603. The number of carbonyl (C=O) groups excluding carboxylic acids is 1. The van der Waals surface area contributed by atoms with Crippen LogP contribution in [0.5, 0.6) is 0 Å². The molecule has 2 aromatic heterocycles. The zero-order chi connectivity index (χ0) is 25.7. The van der Waals surface area contributed by atoms with E-state index in [1.54, 1.807) is 24.3 Å². The van der Waals surface area contributed by atoms with Crippen molar-refractivity contribution in [1.82, 2.24) is 13.7 Å². The van der Waals surface area contributed by atoms with E-state index in [-0.39, 0.29) is 39.8 Å². The second-order valence-electron chi connectivity index (χ2n) is 8.77. The SMILES string of the molecule is [B-]c1ccc(Nc2cc(=O)n(C)c3c2c(=O)n(C2CC2)c(=O)n3-c2cccc(NC(C)=O)c2)c(F)c1. The van der Waals surface area contributed by atoms with E-state index in [1.165, 1.54) is 45.9 Å². The molecular weight excluding hydrogens is 464 g/mol. The Morgan fingerprint density at radius 1 is 1.06 bits per heavy atom. The standard InChI is InChI=1S/C25H21BFN5O4/c1-13(33)28-15-4-3-5-17(11-15)31-23-22(24(35)32(25(31)36)16-7-8-16)20(12-21(34)30(23)2)29-19-9-6-14(26)10-18(19)27/h3-6,9-12,16,29H,7-8H2,1-2H3,(H,28,33)/q-1. The molecule has 4 aromatic rings.